The van der Waals surface area contributed by atoms with Gasteiger partial charge in [-0.2, -0.15) is 0 Å². The summed E-state index contributed by atoms with van der Waals surface area (Å²) >= 11 is 0. The lowest BCUT2D eigenvalue weighted by molar-refractivity contribution is 0.391. The lowest BCUT2D eigenvalue weighted by atomic mass is 10.2. The van der Waals surface area contributed by atoms with Crippen LogP contribution in [0.4, 0.5) is 10.3 Å². The van der Waals surface area contributed by atoms with Gasteiger partial charge in [-0.3, -0.25) is 14.3 Å². The third kappa shape index (κ3) is 5.10. The minimum Gasteiger partial charge on any atom is -0.494 e. The van der Waals surface area contributed by atoms with Gasteiger partial charge in [0.2, 0.25) is 16.0 Å². The van der Waals surface area contributed by atoms with Gasteiger partial charge in [0.1, 0.15) is 28.7 Å². The van der Waals surface area contributed by atoms with Crippen LogP contribution in [0, 0.1) is 12.7 Å². The van der Waals surface area contributed by atoms with Crippen LogP contribution >= 0.6 is 0 Å². The molecule has 13 heteroatoms. The second-order valence-corrected chi connectivity index (χ2v) is 9.99. The van der Waals surface area contributed by atoms with E-state index < -0.39 is 21.1 Å². The third-order valence-electron chi connectivity index (χ3n) is 5.34. The highest BCUT2D eigenvalue weighted by atomic mass is 32.2. The van der Waals surface area contributed by atoms with Crippen molar-refractivity contribution in [3.63, 3.8) is 0 Å². The summed E-state index contributed by atoms with van der Waals surface area (Å²) in [6.07, 6.45) is 3.55. The molecule has 0 bridgehead atoms. The molecule has 0 unspecified atom stereocenters. The van der Waals surface area contributed by atoms with Gasteiger partial charge in [-0.15, -0.1) is 10.2 Å². The Bertz CT molecular complexity index is 1450. The van der Waals surface area contributed by atoms with E-state index in [-0.39, 0.29) is 24.0 Å². The highest BCUT2D eigenvalue weighted by Gasteiger charge is 2.29. The first-order valence-corrected chi connectivity index (χ1v) is 12.4. The number of methoxy groups -OCH3 is 2. The van der Waals surface area contributed by atoms with Gasteiger partial charge in [-0.05, 0) is 43.7 Å². The molecule has 0 aliphatic heterocycles. The van der Waals surface area contributed by atoms with Gasteiger partial charge in [0.15, 0.2) is 11.6 Å². The number of pyridine rings is 1. The van der Waals surface area contributed by atoms with E-state index in [2.05, 4.69) is 29.9 Å². The van der Waals surface area contributed by atoms with Crippen molar-refractivity contribution >= 4 is 16.0 Å². The number of hydrogen-bond acceptors (Lipinski definition) is 9. The number of benzene rings is 1. The quantitative estimate of drug-likeness (QED) is 0.358. The zero-order chi connectivity index (χ0) is 25.9. The minimum absolute atomic E-state index is 0.0476. The van der Waals surface area contributed by atoms with Crippen LogP contribution in [-0.4, -0.2) is 57.6 Å². The summed E-state index contributed by atoms with van der Waals surface area (Å²) in [6, 6.07) is 8.78. The molecule has 0 saturated heterocycles. The number of aryl methyl sites for hydroxylation is 1. The van der Waals surface area contributed by atoms with E-state index in [1.807, 2.05) is 13.0 Å². The van der Waals surface area contributed by atoms with E-state index in [4.69, 9.17) is 9.47 Å². The molecule has 0 aliphatic carbocycles. The highest BCUT2D eigenvalue weighted by molar-refractivity contribution is 7.93. The van der Waals surface area contributed by atoms with E-state index in [9.17, 15) is 12.8 Å². The number of anilines is 1. The first-order valence-electron chi connectivity index (χ1n) is 10.8. The van der Waals surface area contributed by atoms with Crippen LogP contribution in [0.1, 0.15) is 18.3 Å². The Hall–Kier alpha value is -4.13. The Morgan fingerprint density at radius 1 is 1.06 bits per heavy atom. The Morgan fingerprint density at radius 2 is 1.72 bits per heavy atom. The molecule has 0 spiro atoms. The van der Waals surface area contributed by atoms with Crippen molar-refractivity contribution < 1.29 is 22.3 Å². The van der Waals surface area contributed by atoms with Crippen molar-refractivity contribution in [1.29, 1.82) is 0 Å². The van der Waals surface area contributed by atoms with Crippen LogP contribution in [0.2, 0.25) is 0 Å². The Labute approximate surface area is 207 Å². The fourth-order valence-corrected chi connectivity index (χ4v) is 4.43. The maximum absolute atomic E-state index is 13.3. The summed E-state index contributed by atoms with van der Waals surface area (Å²) in [5.41, 5.74) is 1.78. The van der Waals surface area contributed by atoms with Crippen molar-refractivity contribution in [1.82, 2.24) is 29.7 Å². The topological polar surface area (TPSA) is 134 Å². The summed E-state index contributed by atoms with van der Waals surface area (Å²) in [5.74, 6) is 0.555. The Morgan fingerprint density at radius 3 is 2.33 bits per heavy atom. The van der Waals surface area contributed by atoms with Crippen LogP contribution in [0.25, 0.3) is 17.2 Å². The van der Waals surface area contributed by atoms with E-state index in [1.54, 1.807) is 30.5 Å². The molecule has 0 saturated carbocycles. The van der Waals surface area contributed by atoms with Crippen LogP contribution in [-0.2, 0) is 16.4 Å². The lowest BCUT2D eigenvalue weighted by Gasteiger charge is -2.18. The van der Waals surface area contributed by atoms with Gasteiger partial charge < -0.3 is 9.47 Å². The molecule has 1 N–H and O–H groups in total. The molecule has 4 aromatic rings. The summed E-state index contributed by atoms with van der Waals surface area (Å²) < 4.78 is 54.8. The second-order valence-electron chi connectivity index (χ2n) is 7.89. The number of para-hydroxylation sites is 1. The fraction of sp³-hybridized carbons (Fsp3) is 0.261. The molecular formula is C23H24FN7O4S. The van der Waals surface area contributed by atoms with E-state index in [0.29, 0.717) is 22.9 Å². The third-order valence-corrected chi connectivity index (χ3v) is 7.03. The molecule has 188 valence electrons. The van der Waals surface area contributed by atoms with Gasteiger partial charge in [0, 0.05) is 12.6 Å². The molecule has 1 atom stereocenters. The standard InChI is InChI=1S/C23H24FN7O4S/c1-14-8-9-25-17(10-14)22-28-29-23(31(22)21-18(34-3)6-5-7-19(21)35-4)30-36(32,33)15(2)11-20-26-12-16(24)13-27-20/h5-10,12-13,15H,11H2,1-4H3,(H,29,30)/t15-/m0/s1. The zero-order valence-electron chi connectivity index (χ0n) is 20.0. The molecule has 0 fully saturated rings. The predicted molar refractivity (Wildman–Crippen MR) is 130 cm³/mol. The fourth-order valence-electron chi connectivity index (χ4n) is 3.48. The SMILES string of the molecule is COc1cccc(OC)c1-n1c(NS(=O)(=O)[C@@H](C)Cc2ncc(F)cn2)nnc1-c1cc(C)ccn1. The summed E-state index contributed by atoms with van der Waals surface area (Å²) in [5, 5.41) is 7.39. The van der Waals surface area contributed by atoms with Gasteiger partial charge in [-0.25, -0.2) is 22.8 Å². The molecule has 0 radical (unpaired) electrons. The number of ether oxygens (including phenoxy) is 2. The van der Waals surface area contributed by atoms with Crippen molar-refractivity contribution in [2.75, 3.05) is 18.9 Å². The summed E-state index contributed by atoms with van der Waals surface area (Å²) in [7, 11) is -1.04. The summed E-state index contributed by atoms with van der Waals surface area (Å²) in [4.78, 5) is 12.1. The van der Waals surface area contributed by atoms with Crippen molar-refractivity contribution in [3.8, 4) is 28.7 Å². The number of halogens is 1. The van der Waals surface area contributed by atoms with E-state index in [1.165, 1.54) is 25.7 Å². The number of hydrogen-bond donors (Lipinski definition) is 1. The molecule has 0 amide bonds. The molecule has 0 aliphatic rings. The number of sulfonamides is 1. The maximum atomic E-state index is 13.3. The van der Waals surface area contributed by atoms with Crippen molar-refractivity contribution in [3.05, 3.63) is 66.1 Å². The van der Waals surface area contributed by atoms with Crippen LogP contribution < -0.4 is 14.2 Å². The minimum atomic E-state index is -4.02. The average molecular weight is 514 g/mol. The molecule has 3 aromatic heterocycles. The Balaban J connectivity index is 1.81. The van der Waals surface area contributed by atoms with E-state index >= 15 is 0 Å². The Kier molecular flexibility index (Phi) is 7.10. The smallest absolute Gasteiger partial charge is 0.243 e. The first-order chi connectivity index (χ1) is 17.2. The first kappa shape index (κ1) is 25.0. The largest absolute Gasteiger partial charge is 0.494 e. The lowest BCUT2D eigenvalue weighted by Crippen LogP contribution is -2.29. The molecule has 11 nitrogen and oxygen atoms in total. The maximum Gasteiger partial charge on any atom is 0.243 e. The number of nitrogens with one attached hydrogen (secondary N) is 1. The predicted octanol–water partition coefficient (Wildman–Crippen LogP) is 2.96. The van der Waals surface area contributed by atoms with Gasteiger partial charge in [0.25, 0.3) is 0 Å². The number of aromatic nitrogens is 6. The average Bonchev–Trinajstić information content (AvgIpc) is 3.27. The highest BCUT2D eigenvalue weighted by Crippen LogP contribution is 2.37. The van der Waals surface area contributed by atoms with E-state index in [0.717, 1.165) is 18.0 Å². The van der Waals surface area contributed by atoms with Crippen LogP contribution in [0.3, 0.4) is 0 Å². The van der Waals surface area contributed by atoms with Crippen LogP contribution in [0.15, 0.2) is 48.9 Å². The van der Waals surface area contributed by atoms with Gasteiger partial charge >= 0.3 is 0 Å². The zero-order valence-corrected chi connectivity index (χ0v) is 20.8. The van der Waals surface area contributed by atoms with Gasteiger partial charge in [0.05, 0.1) is 31.9 Å². The number of rotatable bonds is 9. The van der Waals surface area contributed by atoms with Gasteiger partial charge in [-0.1, -0.05) is 6.07 Å². The van der Waals surface area contributed by atoms with Crippen molar-refractivity contribution in [2.45, 2.75) is 25.5 Å². The molecule has 3 heterocycles. The molecule has 4 rings (SSSR count). The normalized spacial score (nSPS) is 12.2. The number of nitrogens with zero attached hydrogens (tertiary/aromatic N) is 6. The monoisotopic (exact) mass is 513 g/mol. The summed E-state index contributed by atoms with van der Waals surface area (Å²) in [6.45, 7) is 3.39. The molecule has 1 aromatic carbocycles. The van der Waals surface area contributed by atoms with Crippen LogP contribution in [0.5, 0.6) is 11.5 Å². The molecule has 36 heavy (non-hydrogen) atoms. The van der Waals surface area contributed by atoms with Crippen molar-refractivity contribution in [2.24, 2.45) is 0 Å². The second kappa shape index (κ2) is 10.2. The molecular weight excluding hydrogens is 489 g/mol.